The van der Waals surface area contributed by atoms with Gasteiger partial charge in [-0.05, 0) is 53.8 Å². The Balaban J connectivity index is 1.53. The standard InChI is InChI=1S/C29H25F5N6O4/c30-20-5-1-17(2-6-20)9-11-38-23-24(36-27(38)37-12-10-19-13-35-14-22(19)37)40(16-44-26(42)29(32,33)34)28(43)39(25(23)41)15-18-3-7-21(31)8-4-18/h1-8,35H,9-16H2. The largest absolute Gasteiger partial charge is 0.490 e. The van der Waals surface area contributed by atoms with E-state index in [4.69, 9.17) is 0 Å². The van der Waals surface area contributed by atoms with Gasteiger partial charge in [0, 0.05) is 31.9 Å². The lowest BCUT2D eigenvalue weighted by molar-refractivity contribution is -0.203. The lowest BCUT2D eigenvalue weighted by Gasteiger charge is -2.22. The Bertz CT molecular complexity index is 1890. The van der Waals surface area contributed by atoms with Crippen LogP contribution in [0.25, 0.3) is 11.2 Å². The zero-order valence-electron chi connectivity index (χ0n) is 23.0. The third-order valence-electron chi connectivity index (χ3n) is 7.69. The number of benzene rings is 2. The van der Waals surface area contributed by atoms with Gasteiger partial charge in [-0.2, -0.15) is 18.2 Å². The number of hydrogen-bond donors (Lipinski definition) is 1. The van der Waals surface area contributed by atoms with Crippen molar-refractivity contribution in [1.29, 1.82) is 0 Å². The first-order chi connectivity index (χ1) is 21.0. The highest BCUT2D eigenvalue weighted by Gasteiger charge is 2.41. The summed E-state index contributed by atoms with van der Waals surface area (Å²) in [7, 11) is 0. The molecule has 0 spiro atoms. The number of anilines is 1. The van der Waals surface area contributed by atoms with Gasteiger partial charge in [0.2, 0.25) is 5.95 Å². The molecule has 4 aromatic rings. The summed E-state index contributed by atoms with van der Waals surface area (Å²) in [4.78, 5) is 45.8. The Kier molecular flexibility index (Phi) is 7.57. The first-order valence-corrected chi connectivity index (χ1v) is 13.7. The van der Waals surface area contributed by atoms with Crippen molar-refractivity contribution in [1.82, 2.24) is 24.0 Å². The van der Waals surface area contributed by atoms with E-state index in [1.807, 2.05) is 4.90 Å². The average molecular weight is 617 g/mol. The molecule has 0 bridgehead atoms. The van der Waals surface area contributed by atoms with Crippen LogP contribution in [0.1, 0.15) is 17.5 Å². The van der Waals surface area contributed by atoms with Crippen LogP contribution < -0.4 is 21.5 Å². The molecule has 0 unspecified atom stereocenters. The minimum atomic E-state index is -5.32. The second-order valence-electron chi connectivity index (χ2n) is 10.5. The van der Waals surface area contributed by atoms with Gasteiger partial charge in [-0.25, -0.2) is 22.9 Å². The van der Waals surface area contributed by atoms with E-state index < -0.39 is 41.8 Å². The molecule has 2 aromatic heterocycles. The number of esters is 1. The first-order valence-electron chi connectivity index (χ1n) is 13.7. The van der Waals surface area contributed by atoms with Gasteiger partial charge in [-0.1, -0.05) is 24.3 Å². The number of halogens is 5. The molecular weight excluding hydrogens is 591 g/mol. The molecule has 0 saturated heterocycles. The number of carbonyl (C=O) groups is 1. The molecule has 0 atom stereocenters. The van der Waals surface area contributed by atoms with Crippen molar-refractivity contribution < 1.29 is 31.5 Å². The van der Waals surface area contributed by atoms with Crippen LogP contribution in [0.15, 0.2) is 69.4 Å². The maximum atomic E-state index is 14.0. The number of carbonyl (C=O) groups excluding carboxylic acids is 1. The van der Waals surface area contributed by atoms with Gasteiger partial charge < -0.3 is 19.5 Å². The molecule has 0 radical (unpaired) electrons. The second-order valence-corrected chi connectivity index (χ2v) is 10.5. The Morgan fingerprint density at radius 3 is 2.23 bits per heavy atom. The minimum Gasteiger partial charge on any atom is -0.437 e. The molecule has 0 fully saturated rings. The number of aryl methyl sites for hydroxylation is 2. The van der Waals surface area contributed by atoms with E-state index in [0.717, 1.165) is 33.5 Å². The van der Waals surface area contributed by atoms with E-state index in [1.165, 1.54) is 24.3 Å². The molecule has 0 aliphatic carbocycles. The lowest BCUT2D eigenvalue weighted by atomic mass is 10.1. The van der Waals surface area contributed by atoms with Crippen molar-refractivity contribution in [3.05, 3.63) is 103 Å². The molecule has 2 aliphatic heterocycles. The number of aromatic nitrogens is 4. The van der Waals surface area contributed by atoms with Crippen molar-refractivity contribution in [3.63, 3.8) is 0 Å². The molecule has 1 N–H and O–H groups in total. The second kappa shape index (κ2) is 11.4. The fourth-order valence-electron chi connectivity index (χ4n) is 5.50. The average Bonchev–Trinajstić information content (AvgIpc) is 3.70. The van der Waals surface area contributed by atoms with Crippen LogP contribution in [0.4, 0.5) is 27.9 Å². The van der Waals surface area contributed by atoms with Gasteiger partial charge in [0.25, 0.3) is 5.56 Å². The topological polar surface area (TPSA) is 103 Å². The summed E-state index contributed by atoms with van der Waals surface area (Å²) < 4.78 is 73.6. The quantitative estimate of drug-likeness (QED) is 0.240. The van der Waals surface area contributed by atoms with Crippen molar-refractivity contribution >= 4 is 23.1 Å². The number of ether oxygens (including phenoxy) is 1. The summed E-state index contributed by atoms with van der Waals surface area (Å²) in [5, 5.41) is 3.26. The van der Waals surface area contributed by atoms with E-state index in [9.17, 15) is 36.3 Å². The van der Waals surface area contributed by atoms with Gasteiger partial charge in [-0.3, -0.25) is 9.36 Å². The molecule has 15 heteroatoms. The zero-order valence-corrected chi connectivity index (χ0v) is 23.0. The van der Waals surface area contributed by atoms with Gasteiger partial charge in [0.1, 0.15) is 11.6 Å². The molecule has 44 heavy (non-hydrogen) atoms. The van der Waals surface area contributed by atoms with Crippen LogP contribution in [0.3, 0.4) is 0 Å². The number of fused-ring (bicyclic) bond motifs is 1. The number of imidazole rings is 1. The Morgan fingerprint density at radius 1 is 0.909 bits per heavy atom. The monoisotopic (exact) mass is 616 g/mol. The van der Waals surface area contributed by atoms with E-state index in [0.29, 0.717) is 42.6 Å². The van der Waals surface area contributed by atoms with E-state index >= 15 is 0 Å². The predicted octanol–water partition coefficient (Wildman–Crippen LogP) is 3.06. The number of rotatable bonds is 8. The predicted molar refractivity (Wildman–Crippen MR) is 148 cm³/mol. The number of hydrogen-bond acceptors (Lipinski definition) is 7. The fraction of sp³-hybridized carbons (Fsp3) is 0.310. The van der Waals surface area contributed by atoms with Crippen LogP contribution in [-0.4, -0.2) is 50.5 Å². The van der Waals surface area contributed by atoms with Gasteiger partial charge in [-0.15, -0.1) is 0 Å². The van der Waals surface area contributed by atoms with Crippen molar-refractivity contribution in [2.45, 2.75) is 38.8 Å². The third kappa shape index (κ3) is 5.50. The molecular formula is C29H25F5N6O4. The summed E-state index contributed by atoms with van der Waals surface area (Å²) >= 11 is 0. The smallest absolute Gasteiger partial charge is 0.437 e. The van der Waals surface area contributed by atoms with Gasteiger partial charge >= 0.3 is 17.8 Å². The van der Waals surface area contributed by atoms with Gasteiger partial charge in [0.05, 0.1) is 6.54 Å². The van der Waals surface area contributed by atoms with E-state index in [-0.39, 0.29) is 30.2 Å². The molecule has 10 nitrogen and oxygen atoms in total. The zero-order chi connectivity index (χ0) is 31.2. The SMILES string of the molecule is O=C(OCn1c(=O)n(Cc2ccc(F)cc2)c(=O)c2c1nc(N1CCC3=C1CNC3)n2CCc1ccc(F)cc1)C(F)(F)F. The summed E-state index contributed by atoms with van der Waals surface area (Å²) in [5.74, 6) is -3.20. The molecule has 0 amide bonds. The van der Waals surface area contributed by atoms with Crippen molar-refractivity contribution in [2.75, 3.05) is 24.5 Å². The number of nitrogens with zero attached hydrogens (tertiary/aromatic N) is 5. The lowest BCUT2D eigenvalue weighted by Crippen LogP contribution is -2.42. The van der Waals surface area contributed by atoms with Crippen LogP contribution in [0, 0.1) is 11.6 Å². The van der Waals surface area contributed by atoms with Crippen molar-refractivity contribution in [3.8, 4) is 0 Å². The molecule has 4 heterocycles. The maximum absolute atomic E-state index is 14.0. The summed E-state index contributed by atoms with van der Waals surface area (Å²) in [5.41, 5.74) is 0.963. The van der Waals surface area contributed by atoms with Crippen molar-refractivity contribution in [2.24, 2.45) is 0 Å². The van der Waals surface area contributed by atoms with E-state index in [2.05, 4.69) is 15.0 Å². The van der Waals surface area contributed by atoms with Crippen LogP contribution in [-0.2, 0) is 35.8 Å². The highest BCUT2D eigenvalue weighted by atomic mass is 19.4. The molecule has 2 aliphatic rings. The highest BCUT2D eigenvalue weighted by molar-refractivity contribution is 5.77. The summed E-state index contributed by atoms with van der Waals surface area (Å²) in [6.45, 7) is 0.342. The normalized spacial score (nSPS) is 15.0. The molecule has 0 saturated carbocycles. The van der Waals surface area contributed by atoms with Crippen LogP contribution in [0.2, 0.25) is 0 Å². The number of alkyl halides is 3. The Morgan fingerprint density at radius 2 is 1.57 bits per heavy atom. The fourth-order valence-corrected chi connectivity index (χ4v) is 5.50. The number of nitrogens with one attached hydrogen (secondary N) is 1. The maximum Gasteiger partial charge on any atom is 0.490 e. The third-order valence-corrected chi connectivity index (χ3v) is 7.69. The minimum absolute atomic E-state index is 0.105. The molecule has 230 valence electrons. The first kappa shape index (κ1) is 29.3. The van der Waals surface area contributed by atoms with Crippen LogP contribution in [0.5, 0.6) is 0 Å². The Hall–Kier alpha value is -4.79. The molecule has 2 aromatic carbocycles. The summed E-state index contributed by atoms with van der Waals surface area (Å²) in [6.07, 6.45) is -4.29. The van der Waals surface area contributed by atoms with Crippen LogP contribution >= 0.6 is 0 Å². The van der Waals surface area contributed by atoms with Gasteiger partial charge in [0.15, 0.2) is 17.9 Å². The molecule has 6 rings (SSSR count). The van der Waals surface area contributed by atoms with E-state index in [1.54, 1.807) is 16.7 Å². The highest BCUT2D eigenvalue weighted by Crippen LogP contribution is 2.32. The Labute approximate surface area is 245 Å². The summed E-state index contributed by atoms with van der Waals surface area (Å²) in [6, 6.07) is 10.8.